The van der Waals surface area contributed by atoms with Crippen LogP contribution in [-0.4, -0.2) is 14.9 Å². The molecule has 1 aromatic rings. The van der Waals surface area contributed by atoms with Gasteiger partial charge in [-0.05, 0) is 13.0 Å². The minimum absolute atomic E-state index is 0.248. The summed E-state index contributed by atoms with van der Waals surface area (Å²) >= 11 is 0. The Morgan fingerprint density at radius 3 is 2.67 bits per heavy atom. The molecule has 64 valence electrons. The van der Waals surface area contributed by atoms with Gasteiger partial charge in [-0.1, -0.05) is 0 Å². The van der Waals surface area contributed by atoms with Crippen molar-refractivity contribution in [2.24, 2.45) is 0 Å². The first kappa shape index (κ1) is 8.25. The average molecular weight is 170 g/mol. The molecule has 0 aliphatic carbocycles. The van der Waals surface area contributed by atoms with Crippen LogP contribution in [0, 0.1) is 17.0 Å². The van der Waals surface area contributed by atoms with Crippen molar-refractivity contribution >= 4 is 5.69 Å². The second kappa shape index (κ2) is 2.65. The van der Waals surface area contributed by atoms with E-state index in [-0.39, 0.29) is 10.4 Å². The Morgan fingerprint density at radius 2 is 2.17 bits per heavy atom. The first-order chi connectivity index (χ1) is 5.54. The molecule has 1 rings (SSSR count). The fourth-order valence-corrected chi connectivity index (χ4v) is 0.749. The second-order valence-electron chi connectivity index (χ2n) is 2.23. The highest BCUT2D eigenvalue weighted by atomic mass is 16.6. The number of pyridine rings is 1. The molecule has 6 heteroatoms. The third kappa shape index (κ3) is 1.14. The van der Waals surface area contributed by atoms with Crippen molar-refractivity contribution in [3.05, 3.63) is 38.3 Å². The van der Waals surface area contributed by atoms with E-state index in [1.54, 1.807) is 0 Å². The van der Waals surface area contributed by atoms with E-state index >= 15 is 0 Å². The zero-order chi connectivity index (χ0) is 9.30. The van der Waals surface area contributed by atoms with Crippen LogP contribution in [0.5, 0.6) is 0 Å². The van der Waals surface area contributed by atoms with Crippen LogP contribution in [0.4, 0.5) is 5.69 Å². The molecule has 12 heavy (non-hydrogen) atoms. The maximum atomic E-state index is 10.9. The third-order valence-electron chi connectivity index (χ3n) is 1.42. The first-order valence-electron chi connectivity index (χ1n) is 3.10. The van der Waals surface area contributed by atoms with Gasteiger partial charge in [0.2, 0.25) is 0 Å². The monoisotopic (exact) mass is 170 g/mol. The van der Waals surface area contributed by atoms with Gasteiger partial charge in [-0.3, -0.25) is 14.9 Å². The van der Waals surface area contributed by atoms with Gasteiger partial charge in [-0.2, -0.15) is 0 Å². The van der Waals surface area contributed by atoms with Gasteiger partial charge in [0.25, 0.3) is 0 Å². The summed E-state index contributed by atoms with van der Waals surface area (Å²) in [5, 5.41) is 19.1. The molecule has 0 fully saturated rings. The molecule has 1 N–H and O–H groups in total. The lowest BCUT2D eigenvalue weighted by molar-refractivity contribution is -0.386. The largest absolute Gasteiger partial charge is 0.425 e. The van der Waals surface area contributed by atoms with E-state index in [1.807, 2.05) is 0 Å². The molecular formula is C6H6N2O4. The van der Waals surface area contributed by atoms with Gasteiger partial charge >= 0.3 is 11.2 Å². The van der Waals surface area contributed by atoms with Crippen molar-refractivity contribution in [1.82, 2.24) is 4.73 Å². The molecule has 1 aromatic heterocycles. The number of aryl methyl sites for hydroxylation is 1. The van der Waals surface area contributed by atoms with Gasteiger partial charge in [-0.25, -0.2) is 0 Å². The summed E-state index contributed by atoms with van der Waals surface area (Å²) in [4.78, 5) is 20.2. The molecule has 0 bridgehead atoms. The lowest BCUT2D eigenvalue weighted by atomic mass is 10.3. The topological polar surface area (TPSA) is 85.4 Å². The molecule has 0 amide bonds. The van der Waals surface area contributed by atoms with E-state index in [2.05, 4.69) is 0 Å². The molecule has 0 saturated heterocycles. The van der Waals surface area contributed by atoms with E-state index in [1.165, 1.54) is 13.0 Å². The molecule has 0 aliphatic heterocycles. The molecule has 6 nitrogen and oxygen atoms in total. The average Bonchev–Trinajstić information content (AvgIpc) is 2.00. The van der Waals surface area contributed by atoms with Crippen molar-refractivity contribution in [3.8, 4) is 0 Å². The Morgan fingerprint density at radius 1 is 1.58 bits per heavy atom. The van der Waals surface area contributed by atoms with Crippen LogP contribution < -0.4 is 5.56 Å². The first-order valence-corrected chi connectivity index (χ1v) is 3.10. The standard InChI is InChI=1S/C6H6N2O4/c1-4-2-3-5(8(11)12)6(9)7(4)10/h2-3,10H,1H3. The van der Waals surface area contributed by atoms with Gasteiger partial charge in [-0.15, -0.1) is 4.73 Å². The number of rotatable bonds is 1. The van der Waals surface area contributed by atoms with Crippen LogP contribution in [0.15, 0.2) is 16.9 Å². The molecule has 0 aromatic carbocycles. The molecule has 0 radical (unpaired) electrons. The van der Waals surface area contributed by atoms with Crippen LogP contribution in [-0.2, 0) is 0 Å². The maximum absolute atomic E-state index is 10.9. The highest BCUT2D eigenvalue weighted by Crippen LogP contribution is 2.03. The van der Waals surface area contributed by atoms with Crippen LogP contribution in [0.25, 0.3) is 0 Å². The van der Waals surface area contributed by atoms with Crippen molar-refractivity contribution < 1.29 is 10.1 Å². The zero-order valence-corrected chi connectivity index (χ0v) is 6.22. The predicted octanol–water partition coefficient (Wildman–Crippen LogP) is 0.302. The Balaban J connectivity index is 3.47. The fraction of sp³-hybridized carbons (Fsp3) is 0.167. The highest BCUT2D eigenvalue weighted by Gasteiger charge is 2.14. The van der Waals surface area contributed by atoms with E-state index in [9.17, 15) is 14.9 Å². The van der Waals surface area contributed by atoms with Gasteiger partial charge in [0.15, 0.2) is 0 Å². The Bertz CT molecular complexity index is 382. The maximum Gasteiger partial charge on any atom is 0.361 e. The number of aromatic nitrogens is 1. The second-order valence-corrected chi connectivity index (χ2v) is 2.23. The van der Waals surface area contributed by atoms with E-state index in [4.69, 9.17) is 5.21 Å². The molecule has 0 atom stereocenters. The van der Waals surface area contributed by atoms with Crippen molar-refractivity contribution in [3.63, 3.8) is 0 Å². The van der Waals surface area contributed by atoms with Crippen LogP contribution in [0.2, 0.25) is 0 Å². The van der Waals surface area contributed by atoms with E-state index in [0.29, 0.717) is 0 Å². The summed E-state index contributed by atoms with van der Waals surface area (Å²) in [6.45, 7) is 1.46. The quantitative estimate of drug-likeness (QED) is 0.373. The summed E-state index contributed by atoms with van der Waals surface area (Å²) in [6.07, 6.45) is 0. The smallest absolute Gasteiger partial charge is 0.361 e. The van der Waals surface area contributed by atoms with Crippen molar-refractivity contribution in [1.29, 1.82) is 0 Å². The normalized spacial score (nSPS) is 9.75. The number of hydrogen-bond acceptors (Lipinski definition) is 4. The van der Waals surface area contributed by atoms with Crippen LogP contribution >= 0.6 is 0 Å². The van der Waals surface area contributed by atoms with E-state index < -0.39 is 16.2 Å². The van der Waals surface area contributed by atoms with Crippen molar-refractivity contribution in [2.75, 3.05) is 0 Å². The van der Waals surface area contributed by atoms with Crippen molar-refractivity contribution in [2.45, 2.75) is 6.92 Å². The Hall–Kier alpha value is -1.85. The highest BCUT2D eigenvalue weighted by molar-refractivity contribution is 5.27. The fourth-order valence-electron chi connectivity index (χ4n) is 0.749. The summed E-state index contributed by atoms with van der Waals surface area (Å²) < 4.78 is 0.248. The number of nitro groups is 1. The summed E-state index contributed by atoms with van der Waals surface area (Å²) in [5.74, 6) is 0. The lowest BCUT2D eigenvalue weighted by Crippen LogP contribution is -2.21. The van der Waals surface area contributed by atoms with Gasteiger partial charge in [0.05, 0.1) is 10.6 Å². The summed E-state index contributed by atoms with van der Waals surface area (Å²) in [5.41, 5.74) is -1.39. The molecule has 0 spiro atoms. The number of hydrogen-bond donors (Lipinski definition) is 1. The third-order valence-corrected chi connectivity index (χ3v) is 1.42. The predicted molar refractivity (Wildman–Crippen MR) is 39.3 cm³/mol. The van der Waals surface area contributed by atoms with Crippen LogP contribution in [0.1, 0.15) is 5.69 Å². The van der Waals surface area contributed by atoms with Gasteiger partial charge < -0.3 is 5.21 Å². The van der Waals surface area contributed by atoms with Crippen LogP contribution in [0.3, 0.4) is 0 Å². The summed E-state index contributed by atoms with van der Waals surface area (Å²) in [7, 11) is 0. The zero-order valence-electron chi connectivity index (χ0n) is 6.22. The Kier molecular flexibility index (Phi) is 1.82. The SMILES string of the molecule is Cc1ccc([N+](=O)[O-])c(=O)n1O. The molecular weight excluding hydrogens is 164 g/mol. The summed E-state index contributed by atoms with van der Waals surface area (Å²) in [6, 6.07) is 2.35. The lowest BCUT2D eigenvalue weighted by Gasteiger charge is -1.98. The van der Waals surface area contributed by atoms with E-state index in [0.717, 1.165) is 6.07 Å². The number of nitrogens with zero attached hydrogens (tertiary/aromatic N) is 2. The molecule has 0 aliphatic rings. The molecule has 0 saturated carbocycles. The molecule has 0 unspecified atom stereocenters. The molecule has 1 heterocycles. The Labute approximate surface area is 66.8 Å². The minimum atomic E-state index is -1.01. The van der Waals surface area contributed by atoms with Gasteiger partial charge in [0, 0.05) is 6.07 Å². The minimum Gasteiger partial charge on any atom is -0.425 e. The van der Waals surface area contributed by atoms with Gasteiger partial charge in [0.1, 0.15) is 0 Å².